The quantitative estimate of drug-likeness (QED) is 0.205. The number of nitrogens with one attached hydrogen (secondary N) is 1. The molecule has 8 heteroatoms. The van der Waals surface area contributed by atoms with Crippen molar-refractivity contribution in [1.82, 2.24) is 5.32 Å². The summed E-state index contributed by atoms with van der Waals surface area (Å²) in [5, 5.41) is 35.8. The number of carbonyl (C=O) groups excluding carboxylic acids is 2. The van der Waals surface area contributed by atoms with Gasteiger partial charge in [0.25, 0.3) is 0 Å². The molecular formula is C14H27NO6Ti. The first-order valence-electron chi connectivity index (χ1n) is 6.35. The van der Waals surface area contributed by atoms with Crippen LogP contribution in [0, 0.1) is 0 Å². The van der Waals surface area contributed by atoms with Crippen molar-refractivity contribution in [2.75, 3.05) is 26.3 Å². The van der Waals surface area contributed by atoms with Crippen molar-refractivity contribution < 1.29 is 51.7 Å². The van der Waals surface area contributed by atoms with Crippen molar-refractivity contribution >= 4 is 11.6 Å². The zero-order valence-corrected chi connectivity index (χ0v) is 15.2. The summed E-state index contributed by atoms with van der Waals surface area (Å²) in [6.07, 6.45) is 2.33. The zero-order valence-electron chi connectivity index (χ0n) is 13.6. The van der Waals surface area contributed by atoms with Gasteiger partial charge in [0, 0.05) is 47.0 Å². The number of hydrogen-bond donors (Lipinski definition) is 5. The van der Waals surface area contributed by atoms with Crippen molar-refractivity contribution in [3.63, 3.8) is 0 Å². The smallest absolute Gasteiger partial charge is 0.155 e. The van der Waals surface area contributed by atoms with E-state index in [2.05, 4.69) is 5.32 Å². The van der Waals surface area contributed by atoms with Crippen LogP contribution in [0.1, 0.15) is 27.7 Å². The third kappa shape index (κ3) is 50.9. The fourth-order valence-electron chi connectivity index (χ4n) is 0.871. The van der Waals surface area contributed by atoms with Gasteiger partial charge in [-0.3, -0.25) is 9.59 Å². The molecular weight excluding hydrogens is 326 g/mol. The number of hydrogen-bond acceptors (Lipinski definition) is 7. The van der Waals surface area contributed by atoms with Crippen LogP contribution in [0.4, 0.5) is 0 Å². The summed E-state index contributed by atoms with van der Waals surface area (Å²) in [7, 11) is 0. The van der Waals surface area contributed by atoms with Crippen molar-refractivity contribution in [1.29, 1.82) is 0 Å². The Labute approximate surface area is 146 Å². The summed E-state index contributed by atoms with van der Waals surface area (Å²) in [6.45, 7) is 7.11. The van der Waals surface area contributed by atoms with Crippen LogP contribution in [0.5, 0.6) is 0 Å². The third-order valence-electron chi connectivity index (χ3n) is 1.40. The summed E-state index contributed by atoms with van der Waals surface area (Å²) in [4.78, 5) is 20.0. The van der Waals surface area contributed by atoms with E-state index in [0.717, 1.165) is 0 Å². The van der Waals surface area contributed by atoms with Crippen LogP contribution >= 0.6 is 0 Å². The second-order valence-electron chi connectivity index (χ2n) is 3.99. The molecule has 5 N–H and O–H groups in total. The summed E-state index contributed by atoms with van der Waals surface area (Å²) in [5.41, 5.74) is 0. The number of carbonyl (C=O) groups is 2. The van der Waals surface area contributed by atoms with Gasteiger partial charge in [-0.25, -0.2) is 0 Å². The molecule has 0 aliphatic rings. The molecule has 0 rings (SSSR count). The van der Waals surface area contributed by atoms with Crippen molar-refractivity contribution in [3.8, 4) is 0 Å². The van der Waals surface area contributed by atoms with E-state index in [1.165, 1.54) is 39.8 Å². The zero-order chi connectivity index (χ0) is 17.3. The molecule has 0 radical (unpaired) electrons. The number of aliphatic hydroxyl groups is 4. The number of rotatable bonds is 6. The van der Waals surface area contributed by atoms with Crippen LogP contribution in [-0.4, -0.2) is 58.3 Å². The van der Waals surface area contributed by atoms with E-state index in [1.54, 1.807) is 0 Å². The first-order valence-corrected chi connectivity index (χ1v) is 6.35. The molecule has 7 nitrogen and oxygen atoms in total. The molecule has 0 heterocycles. The van der Waals surface area contributed by atoms with E-state index in [1.807, 2.05) is 0 Å². The summed E-state index contributed by atoms with van der Waals surface area (Å²) in [6, 6.07) is 0. The van der Waals surface area contributed by atoms with E-state index in [-0.39, 0.29) is 58.0 Å². The van der Waals surface area contributed by atoms with Gasteiger partial charge in [-0.05, 0) is 27.7 Å². The molecule has 0 unspecified atom stereocenters. The molecule has 0 saturated carbocycles. The van der Waals surface area contributed by atoms with E-state index in [4.69, 9.17) is 20.4 Å². The van der Waals surface area contributed by atoms with Gasteiger partial charge in [-0.15, -0.1) is 0 Å². The van der Waals surface area contributed by atoms with Gasteiger partial charge < -0.3 is 25.7 Å². The fourth-order valence-corrected chi connectivity index (χ4v) is 0.871. The van der Waals surface area contributed by atoms with Gasteiger partial charge in [0.15, 0.2) is 11.6 Å². The molecule has 0 aromatic rings. The predicted octanol–water partition coefficient (Wildman–Crippen LogP) is 0.633. The Morgan fingerprint density at radius 3 is 1.18 bits per heavy atom. The first-order chi connectivity index (χ1) is 9.67. The molecule has 0 fully saturated rings. The number of ketones is 2. The van der Waals surface area contributed by atoms with Crippen LogP contribution < -0.4 is 5.32 Å². The maximum Gasteiger partial charge on any atom is 0.155 e. The Kier molecular flexibility index (Phi) is 29.5. The van der Waals surface area contributed by atoms with E-state index >= 15 is 0 Å². The first kappa shape index (κ1) is 29.1. The molecule has 0 bridgehead atoms. The van der Waals surface area contributed by atoms with Crippen LogP contribution in [0.25, 0.3) is 0 Å². The average Bonchev–Trinajstić information content (AvgIpc) is 2.27. The van der Waals surface area contributed by atoms with Crippen LogP contribution in [0.2, 0.25) is 0 Å². The van der Waals surface area contributed by atoms with Gasteiger partial charge in [0.2, 0.25) is 0 Å². The molecule has 128 valence electrons. The second kappa shape index (κ2) is 22.3. The Morgan fingerprint density at radius 2 is 1.09 bits per heavy atom. The Balaban J connectivity index is -0.000000108. The Morgan fingerprint density at radius 1 is 0.818 bits per heavy atom. The van der Waals surface area contributed by atoms with Crippen LogP contribution in [0.3, 0.4) is 0 Å². The van der Waals surface area contributed by atoms with E-state index in [9.17, 15) is 9.59 Å². The monoisotopic (exact) mass is 353 g/mol. The normalized spacial score (nSPS) is 10.3. The standard InChI is InChI=1S/2C5H8O2.C4H11NO2.Ti/c2*1-4(6)3-5(2)7;6-3-1-5-2-4-7;/h2*3,6H,1-2H3;5-7H,1-4H2;/b2*4-3-;;. The molecule has 0 aliphatic heterocycles. The minimum Gasteiger partial charge on any atom is -0.512 e. The molecule has 0 aromatic carbocycles. The molecule has 0 atom stereocenters. The SMILES string of the molecule is CC(=O)/C=C(/C)O.CC(=O)/C=C(/C)O.OCCNCCO.[Ti]. The van der Waals surface area contributed by atoms with Crippen LogP contribution in [0.15, 0.2) is 23.7 Å². The topological polar surface area (TPSA) is 127 Å². The van der Waals surface area contributed by atoms with Crippen molar-refractivity contribution in [2.45, 2.75) is 27.7 Å². The molecule has 0 spiro atoms. The maximum atomic E-state index is 10.0. The number of allylic oxidation sites excluding steroid dienone is 4. The number of aliphatic hydroxyl groups excluding tert-OH is 4. The Hall–Kier alpha value is -0.986. The van der Waals surface area contributed by atoms with Gasteiger partial charge in [-0.1, -0.05) is 0 Å². The average molecular weight is 353 g/mol. The summed E-state index contributed by atoms with van der Waals surface area (Å²) in [5.74, 6) is -0.125. The summed E-state index contributed by atoms with van der Waals surface area (Å²) >= 11 is 0. The predicted molar refractivity (Wildman–Crippen MR) is 81.2 cm³/mol. The largest absolute Gasteiger partial charge is 0.512 e. The van der Waals surface area contributed by atoms with Crippen molar-refractivity contribution in [3.05, 3.63) is 23.7 Å². The second-order valence-corrected chi connectivity index (χ2v) is 3.99. The Bertz CT molecular complexity index is 302. The van der Waals surface area contributed by atoms with Gasteiger partial charge >= 0.3 is 0 Å². The molecule has 0 saturated heterocycles. The van der Waals surface area contributed by atoms with Gasteiger partial charge in [-0.2, -0.15) is 0 Å². The van der Waals surface area contributed by atoms with E-state index in [0.29, 0.717) is 13.1 Å². The molecule has 0 aliphatic carbocycles. The van der Waals surface area contributed by atoms with Crippen molar-refractivity contribution in [2.24, 2.45) is 0 Å². The summed E-state index contributed by atoms with van der Waals surface area (Å²) < 4.78 is 0. The molecule has 0 amide bonds. The maximum absolute atomic E-state index is 10.0. The van der Waals surface area contributed by atoms with Gasteiger partial charge in [0.05, 0.1) is 24.7 Å². The minimum atomic E-state index is -0.125. The minimum absolute atomic E-state index is 0. The van der Waals surface area contributed by atoms with Crippen LogP contribution in [-0.2, 0) is 31.3 Å². The molecule has 22 heavy (non-hydrogen) atoms. The third-order valence-corrected chi connectivity index (χ3v) is 1.40. The van der Waals surface area contributed by atoms with Gasteiger partial charge in [0.1, 0.15) is 0 Å². The van der Waals surface area contributed by atoms with E-state index < -0.39 is 0 Å². The fraction of sp³-hybridized carbons (Fsp3) is 0.571. The molecule has 0 aromatic heterocycles.